The fourth-order valence-electron chi connectivity index (χ4n) is 3.13. The molecule has 0 aliphatic heterocycles. The number of amides is 1. The number of ether oxygens (including phenoxy) is 1. The molecule has 0 atom stereocenters. The van der Waals surface area contributed by atoms with Crippen LogP contribution in [0.2, 0.25) is 0 Å². The molecule has 3 aromatic rings. The molecule has 1 amide bonds. The minimum Gasteiger partial charge on any atom is -0.497 e. The number of nitrogens with zero attached hydrogens (tertiary/aromatic N) is 3. The van der Waals surface area contributed by atoms with E-state index in [1.54, 1.807) is 7.11 Å². The van der Waals surface area contributed by atoms with Gasteiger partial charge in [0.25, 0.3) is 5.91 Å². The van der Waals surface area contributed by atoms with Gasteiger partial charge in [-0.3, -0.25) is 9.48 Å². The molecule has 0 saturated heterocycles. The van der Waals surface area contributed by atoms with Crippen LogP contribution in [0.15, 0.2) is 30.3 Å². The summed E-state index contributed by atoms with van der Waals surface area (Å²) in [6, 6.07) is 10.3. The first-order valence-electron chi connectivity index (χ1n) is 8.44. The van der Waals surface area contributed by atoms with E-state index in [2.05, 4.69) is 5.10 Å². The number of fused-ring (bicyclic) bond motifs is 1. The van der Waals surface area contributed by atoms with Gasteiger partial charge < -0.3 is 9.64 Å². The summed E-state index contributed by atoms with van der Waals surface area (Å²) < 4.78 is 7.07. The molecule has 2 aromatic heterocycles. The SMILES string of the molecule is COc1ccc(CN(C(=O)c2cc3c(C)nn(C)c3s2)C2CC2)cc1. The van der Waals surface area contributed by atoms with Crippen LogP contribution in [0.5, 0.6) is 5.75 Å². The topological polar surface area (TPSA) is 47.4 Å². The number of methoxy groups -OCH3 is 1. The summed E-state index contributed by atoms with van der Waals surface area (Å²) in [5.41, 5.74) is 2.10. The number of hydrogen-bond acceptors (Lipinski definition) is 4. The second-order valence-corrected chi connectivity index (χ2v) is 7.58. The molecule has 1 saturated carbocycles. The van der Waals surface area contributed by atoms with Crippen molar-refractivity contribution in [2.24, 2.45) is 7.05 Å². The highest BCUT2D eigenvalue weighted by Crippen LogP contribution is 2.34. The van der Waals surface area contributed by atoms with Crippen LogP contribution in [0.1, 0.15) is 33.8 Å². The Morgan fingerprint density at radius 3 is 2.68 bits per heavy atom. The summed E-state index contributed by atoms with van der Waals surface area (Å²) in [6.07, 6.45) is 2.18. The lowest BCUT2D eigenvalue weighted by Crippen LogP contribution is -2.32. The molecule has 6 heteroatoms. The van der Waals surface area contributed by atoms with Crippen LogP contribution in [-0.4, -0.2) is 33.7 Å². The van der Waals surface area contributed by atoms with Crippen LogP contribution in [0, 0.1) is 6.92 Å². The van der Waals surface area contributed by atoms with E-state index in [1.807, 2.05) is 53.9 Å². The van der Waals surface area contributed by atoms with Gasteiger partial charge in [0.05, 0.1) is 17.7 Å². The summed E-state index contributed by atoms with van der Waals surface area (Å²) >= 11 is 1.53. The molecule has 130 valence electrons. The van der Waals surface area contributed by atoms with Crippen LogP contribution >= 0.6 is 11.3 Å². The van der Waals surface area contributed by atoms with E-state index in [-0.39, 0.29) is 5.91 Å². The highest BCUT2D eigenvalue weighted by molar-refractivity contribution is 7.20. The zero-order chi connectivity index (χ0) is 17.6. The zero-order valence-electron chi connectivity index (χ0n) is 14.7. The molecule has 0 spiro atoms. The standard InChI is InChI=1S/C19H21N3O2S/c1-12-16-10-17(25-19(16)21(2)20-12)18(23)22(14-6-7-14)11-13-4-8-15(24-3)9-5-13/h4-5,8-10,14H,6-7,11H2,1-3H3. The van der Waals surface area contributed by atoms with E-state index in [1.165, 1.54) is 11.3 Å². The molecular weight excluding hydrogens is 334 g/mol. The number of aryl methyl sites for hydroxylation is 2. The van der Waals surface area contributed by atoms with Gasteiger partial charge in [-0.15, -0.1) is 11.3 Å². The first kappa shape index (κ1) is 16.1. The highest BCUT2D eigenvalue weighted by Gasteiger charge is 2.34. The molecule has 1 aromatic carbocycles. The normalized spacial score (nSPS) is 14.0. The fraction of sp³-hybridized carbons (Fsp3) is 0.368. The van der Waals surface area contributed by atoms with Crippen molar-refractivity contribution >= 4 is 27.5 Å². The maximum absolute atomic E-state index is 13.1. The van der Waals surface area contributed by atoms with Gasteiger partial charge in [-0.2, -0.15) is 5.10 Å². The van der Waals surface area contributed by atoms with Crippen molar-refractivity contribution in [1.82, 2.24) is 14.7 Å². The monoisotopic (exact) mass is 355 g/mol. The number of thiophene rings is 1. The second kappa shape index (κ2) is 6.19. The van der Waals surface area contributed by atoms with Crippen molar-refractivity contribution in [1.29, 1.82) is 0 Å². The molecule has 1 aliphatic carbocycles. The Morgan fingerprint density at radius 1 is 1.36 bits per heavy atom. The molecule has 0 N–H and O–H groups in total. The Morgan fingerprint density at radius 2 is 2.08 bits per heavy atom. The highest BCUT2D eigenvalue weighted by atomic mass is 32.1. The third-order valence-corrected chi connectivity index (χ3v) is 5.86. The van der Waals surface area contributed by atoms with Gasteiger partial charge in [0, 0.05) is 25.0 Å². The zero-order valence-corrected chi connectivity index (χ0v) is 15.5. The summed E-state index contributed by atoms with van der Waals surface area (Å²) in [6.45, 7) is 2.62. The first-order chi connectivity index (χ1) is 12.1. The van der Waals surface area contributed by atoms with Gasteiger partial charge in [-0.1, -0.05) is 12.1 Å². The number of aromatic nitrogens is 2. The lowest BCUT2D eigenvalue weighted by Gasteiger charge is -2.22. The van der Waals surface area contributed by atoms with E-state index >= 15 is 0 Å². The number of carbonyl (C=O) groups is 1. The predicted octanol–water partition coefficient (Wildman–Crippen LogP) is 3.76. The summed E-state index contributed by atoms with van der Waals surface area (Å²) in [7, 11) is 3.59. The van der Waals surface area contributed by atoms with Crippen molar-refractivity contribution in [3.05, 3.63) is 46.5 Å². The van der Waals surface area contributed by atoms with Crippen molar-refractivity contribution in [3.63, 3.8) is 0 Å². The Balaban J connectivity index is 1.60. The van der Waals surface area contributed by atoms with Crippen LogP contribution < -0.4 is 4.74 Å². The maximum atomic E-state index is 13.1. The number of benzene rings is 1. The Hall–Kier alpha value is -2.34. The smallest absolute Gasteiger partial charge is 0.264 e. The van der Waals surface area contributed by atoms with Gasteiger partial charge >= 0.3 is 0 Å². The van der Waals surface area contributed by atoms with Gasteiger partial charge in [-0.25, -0.2) is 0 Å². The van der Waals surface area contributed by atoms with Crippen molar-refractivity contribution in [2.45, 2.75) is 32.4 Å². The molecular formula is C19H21N3O2S. The fourth-order valence-corrected chi connectivity index (χ4v) is 4.21. The third-order valence-electron chi connectivity index (χ3n) is 4.67. The number of hydrogen-bond donors (Lipinski definition) is 0. The number of carbonyl (C=O) groups excluding carboxylic acids is 1. The number of rotatable bonds is 5. The minimum atomic E-state index is 0.124. The molecule has 1 aliphatic rings. The van der Waals surface area contributed by atoms with Crippen molar-refractivity contribution < 1.29 is 9.53 Å². The Kier molecular flexibility index (Phi) is 4.00. The molecule has 0 bridgehead atoms. The molecule has 0 radical (unpaired) electrons. The molecule has 4 rings (SSSR count). The van der Waals surface area contributed by atoms with Gasteiger partial charge in [0.2, 0.25) is 0 Å². The summed E-state index contributed by atoms with van der Waals surface area (Å²) in [5.74, 6) is 0.958. The first-order valence-corrected chi connectivity index (χ1v) is 9.25. The maximum Gasteiger partial charge on any atom is 0.264 e. The Labute approximate surface area is 150 Å². The van der Waals surface area contributed by atoms with Crippen LogP contribution in [0.4, 0.5) is 0 Å². The summed E-state index contributed by atoms with van der Waals surface area (Å²) in [4.78, 5) is 17.0. The van der Waals surface area contributed by atoms with E-state index in [0.717, 1.165) is 44.9 Å². The van der Waals surface area contributed by atoms with Gasteiger partial charge in [0.1, 0.15) is 10.6 Å². The van der Waals surface area contributed by atoms with E-state index in [4.69, 9.17) is 4.74 Å². The van der Waals surface area contributed by atoms with Crippen LogP contribution in [-0.2, 0) is 13.6 Å². The third kappa shape index (κ3) is 3.02. The van der Waals surface area contributed by atoms with Gasteiger partial charge in [0.15, 0.2) is 0 Å². The van der Waals surface area contributed by atoms with E-state index in [9.17, 15) is 4.79 Å². The Bertz CT molecular complexity index is 888. The van der Waals surface area contributed by atoms with E-state index in [0.29, 0.717) is 12.6 Å². The van der Waals surface area contributed by atoms with Gasteiger partial charge in [-0.05, 0) is 43.5 Å². The average Bonchev–Trinajstić information content (AvgIpc) is 3.29. The van der Waals surface area contributed by atoms with Crippen LogP contribution in [0.3, 0.4) is 0 Å². The largest absolute Gasteiger partial charge is 0.497 e. The van der Waals surface area contributed by atoms with Crippen LogP contribution in [0.25, 0.3) is 10.2 Å². The second-order valence-electron chi connectivity index (χ2n) is 6.55. The molecule has 25 heavy (non-hydrogen) atoms. The van der Waals surface area contributed by atoms with Crippen molar-refractivity contribution in [2.75, 3.05) is 7.11 Å². The molecule has 2 heterocycles. The molecule has 1 fully saturated rings. The lowest BCUT2D eigenvalue weighted by atomic mass is 10.2. The minimum absolute atomic E-state index is 0.124. The van der Waals surface area contributed by atoms with Crippen molar-refractivity contribution in [3.8, 4) is 5.75 Å². The lowest BCUT2D eigenvalue weighted by molar-refractivity contribution is 0.0735. The quantitative estimate of drug-likeness (QED) is 0.700. The summed E-state index contributed by atoms with van der Waals surface area (Å²) in [5, 5.41) is 5.50. The molecule has 0 unspecified atom stereocenters. The molecule has 5 nitrogen and oxygen atoms in total. The predicted molar refractivity (Wildman–Crippen MR) is 99.2 cm³/mol. The van der Waals surface area contributed by atoms with E-state index < -0.39 is 0 Å². The average molecular weight is 355 g/mol.